The van der Waals surface area contributed by atoms with Gasteiger partial charge < -0.3 is 15.2 Å². The Kier molecular flexibility index (Phi) is 7.78. The highest BCUT2D eigenvalue weighted by atomic mass is 16.2. The number of imidazole rings is 1. The largest absolute Gasteiger partial charge is 0.332 e. The minimum atomic E-state index is -0.230. The van der Waals surface area contributed by atoms with Crippen molar-refractivity contribution in [1.29, 1.82) is 0 Å². The molecule has 1 heterocycles. The third-order valence-electron chi connectivity index (χ3n) is 6.50. The van der Waals surface area contributed by atoms with Gasteiger partial charge in [0.15, 0.2) is 0 Å². The predicted molar refractivity (Wildman–Crippen MR) is 136 cm³/mol. The van der Waals surface area contributed by atoms with Gasteiger partial charge in [0.25, 0.3) is 5.91 Å². The van der Waals surface area contributed by atoms with Crippen LogP contribution >= 0.6 is 0 Å². The Balaban J connectivity index is 1.28. The quantitative estimate of drug-likeness (QED) is 0.421. The summed E-state index contributed by atoms with van der Waals surface area (Å²) in [4.78, 5) is 29.2. The molecule has 1 saturated carbocycles. The van der Waals surface area contributed by atoms with Crippen molar-refractivity contribution in [3.05, 3.63) is 77.9 Å². The lowest BCUT2D eigenvalue weighted by atomic mass is 9.87. The van der Waals surface area contributed by atoms with Crippen LogP contribution in [0.25, 0.3) is 0 Å². The van der Waals surface area contributed by atoms with Crippen LogP contribution in [0.3, 0.4) is 0 Å². The molecule has 0 spiro atoms. The molecule has 2 amide bonds. The van der Waals surface area contributed by atoms with Crippen LogP contribution < -0.4 is 10.6 Å². The summed E-state index contributed by atoms with van der Waals surface area (Å²) in [7, 11) is 0. The van der Waals surface area contributed by atoms with Crippen molar-refractivity contribution < 1.29 is 9.59 Å². The highest BCUT2D eigenvalue weighted by Gasteiger charge is 2.17. The van der Waals surface area contributed by atoms with Crippen LogP contribution in [0.2, 0.25) is 0 Å². The Labute approximate surface area is 201 Å². The van der Waals surface area contributed by atoms with Crippen molar-refractivity contribution in [1.82, 2.24) is 9.55 Å². The summed E-state index contributed by atoms with van der Waals surface area (Å²) in [5, 5.41) is 5.92. The summed E-state index contributed by atoms with van der Waals surface area (Å²) in [6, 6.07) is 15.7. The van der Waals surface area contributed by atoms with E-state index >= 15 is 0 Å². The Morgan fingerprint density at radius 2 is 1.59 bits per heavy atom. The monoisotopic (exact) mass is 458 g/mol. The zero-order valence-electron chi connectivity index (χ0n) is 20.1. The minimum absolute atomic E-state index is 0.101. The number of amides is 2. The molecule has 1 fully saturated rings. The smallest absolute Gasteiger partial charge is 0.275 e. The summed E-state index contributed by atoms with van der Waals surface area (Å²) in [5.41, 5.74) is 4.25. The van der Waals surface area contributed by atoms with E-state index < -0.39 is 0 Å². The molecule has 2 N–H and O–H groups in total. The Bertz CT molecular complexity index is 1090. The van der Waals surface area contributed by atoms with Crippen LogP contribution in [0.15, 0.2) is 61.1 Å². The lowest BCUT2D eigenvalue weighted by Gasteiger charge is -2.20. The number of hydrogen-bond donors (Lipinski definition) is 2. The fourth-order valence-corrected chi connectivity index (χ4v) is 4.48. The average molecular weight is 459 g/mol. The van der Waals surface area contributed by atoms with Crippen molar-refractivity contribution in [3.8, 4) is 0 Å². The van der Waals surface area contributed by atoms with E-state index in [0.717, 1.165) is 16.9 Å². The molecule has 0 aliphatic heterocycles. The number of nitrogens with zero attached hydrogens (tertiary/aromatic N) is 2. The van der Waals surface area contributed by atoms with Gasteiger partial charge in [0.1, 0.15) is 5.69 Å². The summed E-state index contributed by atoms with van der Waals surface area (Å²) in [5.74, 6) is 0.850. The van der Waals surface area contributed by atoms with Crippen molar-refractivity contribution in [3.63, 3.8) is 0 Å². The molecule has 4 rings (SSSR count). The van der Waals surface area contributed by atoms with E-state index in [-0.39, 0.29) is 11.8 Å². The molecule has 0 bridgehead atoms. The highest BCUT2D eigenvalue weighted by Crippen LogP contribution is 2.26. The van der Waals surface area contributed by atoms with Gasteiger partial charge in [-0.05, 0) is 60.1 Å². The van der Waals surface area contributed by atoms with Gasteiger partial charge in [-0.2, -0.15) is 0 Å². The van der Waals surface area contributed by atoms with Crippen LogP contribution in [0.5, 0.6) is 0 Å². The maximum absolute atomic E-state index is 12.6. The second kappa shape index (κ2) is 11.1. The second-order valence-electron chi connectivity index (χ2n) is 9.62. The lowest BCUT2D eigenvalue weighted by Crippen LogP contribution is -2.18. The van der Waals surface area contributed by atoms with E-state index in [1.165, 1.54) is 37.7 Å². The third kappa shape index (κ3) is 6.56. The van der Waals surface area contributed by atoms with E-state index in [2.05, 4.69) is 29.5 Å². The van der Waals surface area contributed by atoms with Gasteiger partial charge in [-0.3, -0.25) is 9.59 Å². The molecule has 1 aromatic heterocycles. The van der Waals surface area contributed by atoms with Crippen LogP contribution in [0.4, 0.5) is 11.4 Å². The highest BCUT2D eigenvalue weighted by molar-refractivity contribution is 6.02. The fraction of sp³-hybridized carbons (Fsp3) is 0.393. The molecule has 34 heavy (non-hydrogen) atoms. The molecule has 3 aromatic rings. The van der Waals surface area contributed by atoms with E-state index in [4.69, 9.17) is 0 Å². The van der Waals surface area contributed by atoms with Crippen LogP contribution in [0, 0.1) is 5.92 Å². The first kappa shape index (κ1) is 23.7. The van der Waals surface area contributed by atoms with Crippen LogP contribution in [0.1, 0.15) is 79.9 Å². The van der Waals surface area contributed by atoms with E-state index in [0.29, 0.717) is 30.5 Å². The van der Waals surface area contributed by atoms with Crippen molar-refractivity contribution >= 4 is 23.2 Å². The van der Waals surface area contributed by atoms with Gasteiger partial charge >= 0.3 is 0 Å². The molecule has 2 aromatic carbocycles. The summed E-state index contributed by atoms with van der Waals surface area (Å²) < 4.78 is 1.88. The maximum atomic E-state index is 12.6. The molecular formula is C28H34N4O2. The second-order valence-corrected chi connectivity index (χ2v) is 9.62. The lowest BCUT2D eigenvalue weighted by molar-refractivity contribution is -0.117. The SMILES string of the molecule is CC(C)c1ccc(NC(=O)c2cn(Cc3ccc(NC(=O)CC4CCCCC4)cc3)cn2)cc1. The third-order valence-corrected chi connectivity index (χ3v) is 6.50. The standard InChI is InChI=1S/C28H34N4O2/c1-20(2)23-10-14-25(15-11-23)31-28(34)26-18-32(19-29-26)17-22-8-12-24(13-9-22)30-27(33)16-21-6-4-3-5-7-21/h8-15,18-21H,3-7,16-17H2,1-2H3,(H,30,33)(H,31,34). The zero-order chi connectivity index (χ0) is 23.9. The normalized spacial score (nSPS) is 14.2. The van der Waals surface area contributed by atoms with Crippen molar-refractivity contribution in [2.45, 2.75) is 64.8 Å². The maximum Gasteiger partial charge on any atom is 0.275 e. The Hall–Kier alpha value is -3.41. The van der Waals surface area contributed by atoms with Crippen LogP contribution in [-0.2, 0) is 11.3 Å². The number of carbonyl (C=O) groups is 2. The van der Waals surface area contributed by atoms with Gasteiger partial charge in [0.05, 0.1) is 6.33 Å². The molecule has 6 nitrogen and oxygen atoms in total. The first-order valence-electron chi connectivity index (χ1n) is 12.3. The molecule has 0 unspecified atom stereocenters. The van der Waals surface area contributed by atoms with Crippen molar-refractivity contribution in [2.75, 3.05) is 10.6 Å². The van der Waals surface area contributed by atoms with E-state index in [1.54, 1.807) is 12.5 Å². The molecule has 0 atom stereocenters. The molecule has 6 heteroatoms. The Morgan fingerprint density at radius 1 is 0.941 bits per heavy atom. The van der Waals surface area contributed by atoms with Crippen molar-refractivity contribution in [2.24, 2.45) is 5.92 Å². The fourth-order valence-electron chi connectivity index (χ4n) is 4.48. The number of aromatic nitrogens is 2. The van der Waals surface area contributed by atoms with Gasteiger partial charge in [-0.1, -0.05) is 57.4 Å². The number of hydrogen-bond acceptors (Lipinski definition) is 3. The molecule has 0 radical (unpaired) electrons. The molecular weight excluding hydrogens is 424 g/mol. The number of benzene rings is 2. The number of rotatable bonds is 8. The first-order valence-corrected chi connectivity index (χ1v) is 12.3. The zero-order valence-corrected chi connectivity index (χ0v) is 20.1. The topological polar surface area (TPSA) is 76.0 Å². The van der Waals surface area contributed by atoms with Gasteiger partial charge in [0.2, 0.25) is 5.91 Å². The summed E-state index contributed by atoms with van der Waals surface area (Å²) in [6.07, 6.45) is 10.2. The Morgan fingerprint density at radius 3 is 2.26 bits per heavy atom. The van der Waals surface area contributed by atoms with Gasteiger partial charge in [0, 0.05) is 30.5 Å². The average Bonchev–Trinajstić information content (AvgIpc) is 3.30. The molecule has 1 aliphatic carbocycles. The number of anilines is 2. The number of carbonyl (C=O) groups excluding carboxylic acids is 2. The summed E-state index contributed by atoms with van der Waals surface area (Å²) >= 11 is 0. The van der Waals surface area contributed by atoms with Crippen LogP contribution in [-0.4, -0.2) is 21.4 Å². The number of nitrogens with one attached hydrogen (secondary N) is 2. The molecule has 0 saturated heterocycles. The molecule has 1 aliphatic rings. The summed E-state index contributed by atoms with van der Waals surface area (Å²) in [6.45, 7) is 4.88. The predicted octanol–water partition coefficient (Wildman–Crippen LogP) is 6.22. The van der Waals surface area contributed by atoms with E-state index in [1.807, 2.05) is 53.1 Å². The first-order chi connectivity index (χ1) is 16.5. The molecule has 178 valence electrons. The van der Waals surface area contributed by atoms with Gasteiger partial charge in [-0.25, -0.2) is 4.98 Å². The minimum Gasteiger partial charge on any atom is -0.332 e. The van der Waals surface area contributed by atoms with E-state index in [9.17, 15) is 9.59 Å². The van der Waals surface area contributed by atoms with Gasteiger partial charge in [-0.15, -0.1) is 0 Å².